The van der Waals surface area contributed by atoms with Gasteiger partial charge in [0, 0.05) is 6.54 Å². The van der Waals surface area contributed by atoms with E-state index in [-0.39, 0.29) is 5.60 Å². The fourth-order valence-corrected chi connectivity index (χ4v) is 1.15. The number of aryl methyl sites for hydroxylation is 1. The molecule has 0 heterocycles. The smallest absolute Gasteiger partial charge is 0.120 e. The minimum Gasteiger partial charge on any atom is -0.486 e. The normalized spacial score (nSPS) is 14.9. The standard InChI is InChI=1S/C12H19NO/c1-4-12(3,9-13)14-11-7-5-10(2)6-8-11/h5-8H,4,9,13H2,1-3H3. The Balaban J connectivity index is 2.72. The third kappa shape index (κ3) is 2.74. The van der Waals surface area contributed by atoms with Crippen LogP contribution in [0.15, 0.2) is 24.3 Å². The maximum atomic E-state index is 5.83. The average Bonchev–Trinajstić information content (AvgIpc) is 2.21. The molecule has 78 valence electrons. The van der Waals surface area contributed by atoms with E-state index in [2.05, 4.69) is 13.8 Å². The number of hydrogen-bond donors (Lipinski definition) is 1. The van der Waals surface area contributed by atoms with Crippen LogP contribution in [0, 0.1) is 6.92 Å². The Labute approximate surface area is 86.1 Å². The first-order valence-electron chi connectivity index (χ1n) is 5.05. The molecule has 1 aromatic rings. The highest BCUT2D eigenvalue weighted by molar-refractivity contribution is 5.26. The van der Waals surface area contributed by atoms with Gasteiger partial charge in [0.2, 0.25) is 0 Å². The highest BCUT2D eigenvalue weighted by Gasteiger charge is 2.21. The molecule has 0 radical (unpaired) electrons. The molecule has 0 bridgehead atoms. The molecule has 1 rings (SSSR count). The van der Waals surface area contributed by atoms with Crippen LogP contribution < -0.4 is 10.5 Å². The van der Waals surface area contributed by atoms with E-state index >= 15 is 0 Å². The number of nitrogens with two attached hydrogens (primary N) is 1. The van der Waals surface area contributed by atoms with Gasteiger partial charge in [-0.25, -0.2) is 0 Å². The summed E-state index contributed by atoms with van der Waals surface area (Å²) < 4.78 is 5.83. The van der Waals surface area contributed by atoms with Crippen molar-refractivity contribution >= 4 is 0 Å². The van der Waals surface area contributed by atoms with Gasteiger partial charge >= 0.3 is 0 Å². The quantitative estimate of drug-likeness (QED) is 0.797. The van der Waals surface area contributed by atoms with Gasteiger partial charge in [0.15, 0.2) is 0 Å². The van der Waals surface area contributed by atoms with Gasteiger partial charge in [0.1, 0.15) is 11.4 Å². The number of ether oxygens (including phenoxy) is 1. The summed E-state index contributed by atoms with van der Waals surface area (Å²) in [7, 11) is 0. The zero-order valence-electron chi connectivity index (χ0n) is 9.21. The van der Waals surface area contributed by atoms with Crippen molar-refractivity contribution in [3.63, 3.8) is 0 Å². The van der Waals surface area contributed by atoms with Gasteiger partial charge in [0.05, 0.1) is 0 Å². The molecule has 2 nitrogen and oxygen atoms in total. The van der Waals surface area contributed by atoms with Crippen LogP contribution in [0.4, 0.5) is 0 Å². The van der Waals surface area contributed by atoms with Crippen molar-refractivity contribution in [3.8, 4) is 5.75 Å². The number of rotatable bonds is 4. The summed E-state index contributed by atoms with van der Waals surface area (Å²) in [4.78, 5) is 0. The molecule has 0 saturated carbocycles. The Kier molecular flexibility index (Phi) is 3.53. The van der Waals surface area contributed by atoms with Crippen molar-refractivity contribution in [1.82, 2.24) is 0 Å². The van der Waals surface area contributed by atoms with Crippen LogP contribution in [-0.4, -0.2) is 12.1 Å². The Morgan fingerprint density at radius 2 is 1.86 bits per heavy atom. The van der Waals surface area contributed by atoms with Gasteiger partial charge in [-0.2, -0.15) is 0 Å². The highest BCUT2D eigenvalue weighted by Crippen LogP contribution is 2.20. The summed E-state index contributed by atoms with van der Waals surface area (Å²) >= 11 is 0. The maximum absolute atomic E-state index is 5.83. The van der Waals surface area contributed by atoms with Crippen LogP contribution in [0.5, 0.6) is 5.75 Å². The van der Waals surface area contributed by atoms with Crippen LogP contribution in [0.2, 0.25) is 0 Å². The monoisotopic (exact) mass is 193 g/mol. The molecule has 0 aliphatic rings. The van der Waals surface area contributed by atoms with Crippen LogP contribution in [0.1, 0.15) is 25.8 Å². The maximum Gasteiger partial charge on any atom is 0.120 e. The van der Waals surface area contributed by atoms with E-state index in [9.17, 15) is 0 Å². The molecule has 0 aliphatic heterocycles. The molecule has 2 N–H and O–H groups in total. The van der Waals surface area contributed by atoms with E-state index in [1.54, 1.807) is 0 Å². The molecule has 0 aliphatic carbocycles. The van der Waals surface area contributed by atoms with Crippen molar-refractivity contribution in [1.29, 1.82) is 0 Å². The lowest BCUT2D eigenvalue weighted by Crippen LogP contribution is -2.39. The van der Waals surface area contributed by atoms with E-state index in [4.69, 9.17) is 10.5 Å². The molecule has 2 heteroatoms. The summed E-state index contributed by atoms with van der Waals surface area (Å²) in [5.41, 5.74) is 6.67. The third-order valence-electron chi connectivity index (χ3n) is 2.56. The van der Waals surface area contributed by atoms with E-state index < -0.39 is 0 Å². The van der Waals surface area contributed by atoms with E-state index in [1.165, 1.54) is 5.56 Å². The number of benzene rings is 1. The SMILES string of the molecule is CCC(C)(CN)Oc1ccc(C)cc1. The highest BCUT2D eigenvalue weighted by atomic mass is 16.5. The van der Waals surface area contributed by atoms with E-state index in [0.717, 1.165) is 12.2 Å². The fourth-order valence-electron chi connectivity index (χ4n) is 1.15. The molecule has 1 aromatic carbocycles. The lowest BCUT2D eigenvalue weighted by atomic mass is 10.0. The Morgan fingerprint density at radius 1 is 1.29 bits per heavy atom. The predicted molar refractivity (Wildman–Crippen MR) is 59.6 cm³/mol. The Morgan fingerprint density at radius 3 is 2.29 bits per heavy atom. The van der Waals surface area contributed by atoms with Crippen molar-refractivity contribution in [3.05, 3.63) is 29.8 Å². The molecule has 0 fully saturated rings. The van der Waals surface area contributed by atoms with E-state index in [0.29, 0.717) is 6.54 Å². The zero-order chi connectivity index (χ0) is 10.6. The second-order valence-corrected chi connectivity index (χ2v) is 3.92. The summed E-state index contributed by atoms with van der Waals surface area (Å²) in [6.45, 7) is 6.72. The lowest BCUT2D eigenvalue weighted by molar-refractivity contribution is 0.0935. The topological polar surface area (TPSA) is 35.2 Å². The molecule has 1 atom stereocenters. The van der Waals surface area contributed by atoms with Gasteiger partial charge in [0.25, 0.3) is 0 Å². The van der Waals surface area contributed by atoms with Gasteiger partial charge in [-0.1, -0.05) is 24.6 Å². The predicted octanol–water partition coefficient (Wildman–Crippen LogP) is 2.50. The summed E-state index contributed by atoms with van der Waals surface area (Å²) in [5.74, 6) is 0.894. The van der Waals surface area contributed by atoms with Crippen LogP contribution in [0.3, 0.4) is 0 Å². The van der Waals surface area contributed by atoms with Crippen molar-refractivity contribution < 1.29 is 4.74 Å². The van der Waals surface area contributed by atoms with Gasteiger partial charge in [-0.05, 0) is 32.4 Å². The second-order valence-electron chi connectivity index (χ2n) is 3.92. The van der Waals surface area contributed by atoms with Crippen LogP contribution >= 0.6 is 0 Å². The van der Waals surface area contributed by atoms with Gasteiger partial charge < -0.3 is 10.5 Å². The fraction of sp³-hybridized carbons (Fsp3) is 0.500. The van der Waals surface area contributed by atoms with Crippen LogP contribution in [-0.2, 0) is 0 Å². The summed E-state index contributed by atoms with van der Waals surface area (Å²) in [6.07, 6.45) is 0.914. The first kappa shape index (κ1) is 11.1. The molecule has 0 aromatic heterocycles. The minimum absolute atomic E-state index is 0.241. The molecule has 14 heavy (non-hydrogen) atoms. The summed E-state index contributed by atoms with van der Waals surface area (Å²) in [6, 6.07) is 8.06. The van der Waals surface area contributed by atoms with Gasteiger partial charge in [-0.3, -0.25) is 0 Å². The van der Waals surface area contributed by atoms with Crippen molar-refractivity contribution in [2.75, 3.05) is 6.54 Å². The Bertz CT molecular complexity index is 275. The molecule has 0 amide bonds. The molecular formula is C12H19NO. The first-order chi connectivity index (χ1) is 6.59. The largest absolute Gasteiger partial charge is 0.486 e. The summed E-state index contributed by atoms with van der Waals surface area (Å²) in [5, 5.41) is 0. The molecule has 0 saturated heterocycles. The van der Waals surface area contributed by atoms with Crippen molar-refractivity contribution in [2.45, 2.75) is 32.8 Å². The second kappa shape index (κ2) is 4.47. The number of hydrogen-bond acceptors (Lipinski definition) is 2. The van der Waals surface area contributed by atoms with Crippen molar-refractivity contribution in [2.24, 2.45) is 5.73 Å². The lowest BCUT2D eigenvalue weighted by Gasteiger charge is -2.28. The average molecular weight is 193 g/mol. The van der Waals surface area contributed by atoms with Crippen LogP contribution in [0.25, 0.3) is 0 Å². The molecule has 0 spiro atoms. The van der Waals surface area contributed by atoms with Gasteiger partial charge in [-0.15, -0.1) is 0 Å². The molecular weight excluding hydrogens is 174 g/mol. The minimum atomic E-state index is -0.241. The zero-order valence-corrected chi connectivity index (χ0v) is 9.21. The molecule has 1 unspecified atom stereocenters. The first-order valence-corrected chi connectivity index (χ1v) is 5.05. The third-order valence-corrected chi connectivity index (χ3v) is 2.56. The Hall–Kier alpha value is -1.02. The van der Waals surface area contributed by atoms with E-state index in [1.807, 2.05) is 31.2 Å².